The van der Waals surface area contributed by atoms with Gasteiger partial charge in [0.25, 0.3) is 0 Å². The zero-order chi connectivity index (χ0) is 24.1. The number of hydrogen-bond donors (Lipinski definition) is 0. The van der Waals surface area contributed by atoms with Gasteiger partial charge in [-0.15, -0.1) is 0 Å². The van der Waals surface area contributed by atoms with Crippen molar-refractivity contribution in [3.8, 4) is 0 Å². The number of fused-ring (bicyclic) bond motifs is 2. The van der Waals surface area contributed by atoms with Gasteiger partial charge in [0, 0.05) is 58.4 Å². The van der Waals surface area contributed by atoms with E-state index in [0.717, 1.165) is 58.3 Å². The first-order valence-corrected chi connectivity index (χ1v) is 12.0. The molecule has 3 unspecified atom stereocenters. The van der Waals surface area contributed by atoms with Crippen LogP contribution in [0, 0.1) is 0 Å². The van der Waals surface area contributed by atoms with Gasteiger partial charge in [-0.05, 0) is 62.7 Å². The minimum absolute atomic E-state index is 0.574. The lowest BCUT2D eigenvalue weighted by Gasteiger charge is -2.21. The van der Waals surface area contributed by atoms with Gasteiger partial charge in [0.05, 0.1) is 25.9 Å². The molecule has 32 heavy (non-hydrogen) atoms. The van der Waals surface area contributed by atoms with Crippen molar-refractivity contribution in [2.45, 2.75) is 31.5 Å². The predicted molar refractivity (Wildman–Crippen MR) is 132 cm³/mol. The van der Waals surface area contributed by atoms with Crippen LogP contribution in [0.5, 0.6) is 0 Å². The highest BCUT2D eigenvalue weighted by molar-refractivity contribution is 4.89. The lowest BCUT2D eigenvalue weighted by atomic mass is 10.2. The molecule has 0 aromatic rings. The third kappa shape index (κ3) is 18.1. The molecule has 6 saturated heterocycles. The zero-order valence-electron chi connectivity index (χ0n) is 22.4. The molecule has 5 atom stereocenters. The number of likely N-dealkylation sites (N-methyl/N-ethyl adjacent to an activating group) is 4. The Balaban J connectivity index is 0.000000197. The Hall–Kier alpha value is -0.360. The van der Waals surface area contributed by atoms with Gasteiger partial charge in [0.15, 0.2) is 0 Å². The first kappa shape index (κ1) is 29.7. The number of nitrogens with zero attached hydrogens (tertiary/aromatic N) is 6. The average molecular weight is 461 g/mol. The van der Waals surface area contributed by atoms with Gasteiger partial charge >= 0.3 is 0 Å². The molecule has 0 radical (unpaired) electrons. The summed E-state index contributed by atoms with van der Waals surface area (Å²) in [5.41, 5.74) is 0. The fourth-order valence-electron chi connectivity index (χ4n) is 2.77. The quantitative estimate of drug-likeness (QED) is 0.475. The molecule has 0 saturated carbocycles. The van der Waals surface area contributed by atoms with Crippen LogP contribution in [-0.4, -0.2) is 170 Å². The molecule has 0 aromatic carbocycles. The molecule has 6 aliphatic heterocycles. The van der Waals surface area contributed by atoms with Crippen molar-refractivity contribution in [2.75, 3.05) is 122 Å². The summed E-state index contributed by atoms with van der Waals surface area (Å²) in [6.45, 7) is 13.1. The maximum atomic E-state index is 5.38. The van der Waals surface area contributed by atoms with Crippen molar-refractivity contribution in [3.63, 3.8) is 0 Å². The third-order valence-electron chi connectivity index (χ3n) is 5.64. The highest BCUT2D eigenvalue weighted by Gasteiger charge is 2.36. The van der Waals surface area contributed by atoms with E-state index in [1.54, 1.807) is 5.06 Å². The molecule has 0 spiro atoms. The second-order valence-electron chi connectivity index (χ2n) is 10.0. The molecule has 0 amide bonds. The molecular formula is C23H52N6O3. The second kappa shape index (κ2) is 16.3. The normalized spacial score (nSPS) is 34.1. The van der Waals surface area contributed by atoms with Crippen molar-refractivity contribution in [2.24, 2.45) is 0 Å². The number of likely N-dealkylation sites (tertiary alicyclic amines) is 1. The molecule has 0 N–H and O–H groups in total. The fraction of sp³-hybridized carbons (Fsp3) is 1.00. The van der Waals surface area contributed by atoms with E-state index < -0.39 is 0 Å². The van der Waals surface area contributed by atoms with E-state index in [4.69, 9.17) is 9.47 Å². The topological polar surface area (TPSA) is 49.7 Å². The van der Waals surface area contributed by atoms with E-state index in [2.05, 4.69) is 59.6 Å². The lowest BCUT2D eigenvalue weighted by Crippen LogP contribution is -2.33. The van der Waals surface area contributed by atoms with E-state index in [1.165, 1.54) is 26.1 Å². The maximum Gasteiger partial charge on any atom is 0.143 e. The van der Waals surface area contributed by atoms with E-state index in [1.807, 2.05) is 33.1 Å². The maximum absolute atomic E-state index is 5.38. The number of hydrogen-bond acceptors (Lipinski definition) is 9. The van der Waals surface area contributed by atoms with Crippen LogP contribution >= 0.6 is 0 Å². The molecule has 9 heteroatoms. The van der Waals surface area contributed by atoms with Gasteiger partial charge in [0.2, 0.25) is 0 Å². The second-order valence-corrected chi connectivity index (χ2v) is 10.0. The number of rotatable bonds is 0. The Kier molecular flexibility index (Phi) is 15.1. The summed E-state index contributed by atoms with van der Waals surface area (Å²) < 4.78 is 10.5. The smallest absolute Gasteiger partial charge is 0.143 e. The highest BCUT2D eigenvalue weighted by atomic mass is 16.8. The molecule has 6 heterocycles. The van der Waals surface area contributed by atoms with Gasteiger partial charge in [0.1, 0.15) is 6.73 Å². The summed E-state index contributed by atoms with van der Waals surface area (Å²) in [5, 5.41) is 1.75. The molecule has 9 nitrogen and oxygen atoms in total. The Morgan fingerprint density at radius 3 is 1.31 bits per heavy atom. The summed E-state index contributed by atoms with van der Waals surface area (Å²) in [6, 6.07) is 1.63. The van der Waals surface area contributed by atoms with Crippen LogP contribution in [0.4, 0.5) is 0 Å². The standard InChI is InChI=1S/C6H11NO.C5H11NO.C4H9N.C3H7N.C3H9N.C2H5NO/c1-7-3-6-2-5(7)4-8-6;1-6-2-4-7-5-3-6;1-4-3-5(4)2;1-4-2-3-4;1-4(2)3;1-3-2-4-3/h5-6H,2-4H2,1H3;2-5H2,1H3;4H,3H2,1-2H3;2-3H2,1H3;1-3H3;2H2,1H3/t5-,6-;;;;;/m0...../s1. The largest absolute Gasteiger partial charge is 0.379 e. The van der Waals surface area contributed by atoms with Crippen LogP contribution in [0.25, 0.3) is 0 Å². The van der Waals surface area contributed by atoms with Crippen LogP contribution in [0.1, 0.15) is 13.3 Å². The molecule has 6 aliphatic rings. The summed E-state index contributed by atoms with van der Waals surface area (Å²) in [6.07, 6.45) is 1.85. The molecule has 192 valence electrons. The van der Waals surface area contributed by atoms with Crippen molar-refractivity contribution < 1.29 is 14.3 Å². The molecule has 2 bridgehead atoms. The molecule has 0 aliphatic carbocycles. The van der Waals surface area contributed by atoms with Crippen LogP contribution in [0.15, 0.2) is 0 Å². The van der Waals surface area contributed by atoms with Crippen LogP contribution in [-0.2, 0) is 14.3 Å². The summed E-state index contributed by atoms with van der Waals surface area (Å²) in [4.78, 5) is 15.7. The number of ether oxygens (including phenoxy) is 2. The summed E-state index contributed by atoms with van der Waals surface area (Å²) in [5.74, 6) is 0. The lowest BCUT2D eigenvalue weighted by molar-refractivity contribution is 0.0416. The third-order valence-corrected chi connectivity index (χ3v) is 5.64. The van der Waals surface area contributed by atoms with Gasteiger partial charge in [-0.3, -0.25) is 9.74 Å². The van der Waals surface area contributed by atoms with E-state index in [9.17, 15) is 0 Å². The van der Waals surface area contributed by atoms with Crippen LogP contribution in [0.2, 0.25) is 0 Å². The minimum Gasteiger partial charge on any atom is -0.379 e. The first-order chi connectivity index (χ1) is 15.1. The van der Waals surface area contributed by atoms with Crippen LogP contribution < -0.4 is 0 Å². The molecule has 0 aromatic heterocycles. The van der Waals surface area contributed by atoms with Gasteiger partial charge in [-0.1, -0.05) is 0 Å². The highest BCUT2D eigenvalue weighted by Crippen LogP contribution is 2.25. The molecule has 6 rings (SSSR count). The van der Waals surface area contributed by atoms with E-state index in [-0.39, 0.29) is 0 Å². The van der Waals surface area contributed by atoms with E-state index >= 15 is 0 Å². The van der Waals surface area contributed by atoms with Gasteiger partial charge < -0.3 is 29.1 Å². The zero-order valence-corrected chi connectivity index (χ0v) is 22.4. The first-order valence-electron chi connectivity index (χ1n) is 12.0. The Bertz CT molecular complexity index is 438. The fourth-order valence-corrected chi connectivity index (χ4v) is 2.77. The van der Waals surface area contributed by atoms with Crippen molar-refractivity contribution in [3.05, 3.63) is 0 Å². The molecular weight excluding hydrogens is 408 g/mol. The monoisotopic (exact) mass is 460 g/mol. The van der Waals surface area contributed by atoms with Gasteiger partial charge in [-0.25, -0.2) is 0 Å². The van der Waals surface area contributed by atoms with Crippen molar-refractivity contribution >= 4 is 0 Å². The van der Waals surface area contributed by atoms with E-state index in [0.29, 0.717) is 6.10 Å². The molecule has 6 fully saturated rings. The number of hydroxylamine groups is 2. The average Bonchev–Trinajstić information content (AvgIpc) is 3.69. The Labute approximate surface area is 198 Å². The minimum atomic E-state index is 0.574. The van der Waals surface area contributed by atoms with Crippen molar-refractivity contribution in [1.29, 1.82) is 0 Å². The van der Waals surface area contributed by atoms with Crippen molar-refractivity contribution in [1.82, 2.24) is 29.6 Å². The summed E-state index contributed by atoms with van der Waals surface area (Å²) in [7, 11) is 16.4. The Morgan fingerprint density at radius 1 is 0.781 bits per heavy atom. The SMILES string of the molecule is CC1CN1C.CN(C)C.CN1CC1.CN1CCOCC1.CN1CO1.CN1C[C@@H]2C[C@H]1CO2. The number of morpholine rings is 2. The summed E-state index contributed by atoms with van der Waals surface area (Å²) >= 11 is 0. The Morgan fingerprint density at radius 2 is 1.19 bits per heavy atom. The van der Waals surface area contributed by atoms with Crippen LogP contribution in [0.3, 0.4) is 0 Å². The van der Waals surface area contributed by atoms with Gasteiger partial charge in [-0.2, -0.15) is 5.06 Å². The predicted octanol–water partition coefficient (Wildman–Crippen LogP) is 0.289.